The number of aromatic nitrogens is 3. The van der Waals surface area contributed by atoms with Crippen molar-refractivity contribution in [2.45, 2.75) is 40.5 Å². The lowest BCUT2D eigenvalue weighted by molar-refractivity contribution is 0.859. The van der Waals surface area contributed by atoms with E-state index in [0.717, 1.165) is 17.9 Å². The molecule has 0 N–H and O–H groups in total. The lowest BCUT2D eigenvalue weighted by Gasteiger charge is -2.02. The molecule has 0 aliphatic carbocycles. The molecule has 0 bridgehead atoms. The SMILES string of the molecule is CC.CCCc1ccc(-n2cnc(C)n2)cc1. The normalized spacial score (nSPS) is 9.65. The zero-order chi connectivity index (χ0) is 12.7. The van der Waals surface area contributed by atoms with Gasteiger partial charge in [-0.05, 0) is 31.0 Å². The maximum Gasteiger partial charge on any atom is 0.147 e. The lowest BCUT2D eigenvalue weighted by atomic mass is 10.1. The van der Waals surface area contributed by atoms with Crippen molar-refractivity contribution < 1.29 is 0 Å². The predicted octanol–water partition coefficient (Wildman–Crippen LogP) is 3.55. The second-order valence-electron chi connectivity index (χ2n) is 3.65. The van der Waals surface area contributed by atoms with E-state index in [1.807, 2.05) is 20.8 Å². The summed E-state index contributed by atoms with van der Waals surface area (Å²) in [7, 11) is 0. The van der Waals surface area contributed by atoms with Crippen LogP contribution in [0.4, 0.5) is 0 Å². The van der Waals surface area contributed by atoms with Gasteiger partial charge in [0.05, 0.1) is 5.69 Å². The van der Waals surface area contributed by atoms with E-state index in [1.165, 1.54) is 12.0 Å². The number of hydrogen-bond donors (Lipinski definition) is 0. The Morgan fingerprint density at radius 3 is 2.24 bits per heavy atom. The molecule has 0 aliphatic rings. The van der Waals surface area contributed by atoms with Gasteiger partial charge in [-0.25, -0.2) is 9.67 Å². The molecule has 0 unspecified atom stereocenters. The molecular weight excluding hydrogens is 210 g/mol. The minimum Gasteiger partial charge on any atom is -0.221 e. The third-order valence-electron chi connectivity index (χ3n) is 2.35. The summed E-state index contributed by atoms with van der Waals surface area (Å²) in [5.41, 5.74) is 2.44. The molecule has 0 atom stereocenters. The maximum atomic E-state index is 4.26. The van der Waals surface area contributed by atoms with Gasteiger partial charge in [-0.15, -0.1) is 0 Å². The molecule has 1 aromatic heterocycles. The van der Waals surface area contributed by atoms with Crippen LogP contribution < -0.4 is 0 Å². The third-order valence-corrected chi connectivity index (χ3v) is 2.35. The quantitative estimate of drug-likeness (QED) is 0.808. The summed E-state index contributed by atoms with van der Waals surface area (Å²) in [6, 6.07) is 8.46. The molecule has 17 heavy (non-hydrogen) atoms. The van der Waals surface area contributed by atoms with E-state index in [9.17, 15) is 0 Å². The van der Waals surface area contributed by atoms with Crippen LogP contribution in [-0.4, -0.2) is 14.8 Å². The highest BCUT2D eigenvalue weighted by atomic mass is 15.3. The number of rotatable bonds is 3. The van der Waals surface area contributed by atoms with E-state index in [0.29, 0.717) is 0 Å². The van der Waals surface area contributed by atoms with E-state index >= 15 is 0 Å². The van der Waals surface area contributed by atoms with Gasteiger partial charge in [-0.3, -0.25) is 0 Å². The molecule has 0 saturated carbocycles. The van der Waals surface area contributed by atoms with Crippen molar-refractivity contribution in [2.24, 2.45) is 0 Å². The number of aryl methyl sites for hydroxylation is 2. The van der Waals surface area contributed by atoms with E-state index < -0.39 is 0 Å². The first-order valence-corrected chi connectivity index (χ1v) is 6.27. The summed E-state index contributed by atoms with van der Waals surface area (Å²) in [5.74, 6) is 0.799. The minimum absolute atomic E-state index is 0.799. The molecule has 0 saturated heterocycles. The fourth-order valence-corrected chi connectivity index (χ4v) is 1.57. The van der Waals surface area contributed by atoms with Gasteiger partial charge < -0.3 is 0 Å². The lowest BCUT2D eigenvalue weighted by Crippen LogP contribution is -1.95. The molecule has 3 nitrogen and oxygen atoms in total. The number of benzene rings is 1. The Balaban J connectivity index is 0.000000686. The van der Waals surface area contributed by atoms with Gasteiger partial charge in [0.2, 0.25) is 0 Å². The Kier molecular flexibility index (Phi) is 5.40. The highest BCUT2D eigenvalue weighted by Gasteiger charge is 1.98. The topological polar surface area (TPSA) is 30.7 Å². The van der Waals surface area contributed by atoms with Gasteiger partial charge in [-0.1, -0.05) is 39.3 Å². The molecule has 0 aliphatic heterocycles. The average molecular weight is 231 g/mol. The summed E-state index contributed by atoms with van der Waals surface area (Å²) in [4.78, 5) is 4.10. The van der Waals surface area contributed by atoms with Crippen LogP contribution in [0, 0.1) is 6.92 Å². The van der Waals surface area contributed by atoms with Crippen molar-refractivity contribution in [3.05, 3.63) is 42.0 Å². The Morgan fingerprint density at radius 1 is 1.12 bits per heavy atom. The highest BCUT2D eigenvalue weighted by Crippen LogP contribution is 2.09. The van der Waals surface area contributed by atoms with Crippen molar-refractivity contribution in [3.63, 3.8) is 0 Å². The van der Waals surface area contributed by atoms with Crippen LogP contribution in [0.3, 0.4) is 0 Å². The zero-order valence-corrected chi connectivity index (χ0v) is 11.1. The van der Waals surface area contributed by atoms with Gasteiger partial charge in [0.1, 0.15) is 12.2 Å². The first-order valence-electron chi connectivity index (χ1n) is 6.27. The molecule has 3 heteroatoms. The second-order valence-corrected chi connectivity index (χ2v) is 3.65. The van der Waals surface area contributed by atoms with Gasteiger partial charge in [0.15, 0.2) is 0 Å². The number of nitrogens with zero attached hydrogens (tertiary/aromatic N) is 3. The minimum atomic E-state index is 0.799. The first kappa shape index (κ1) is 13.4. The molecule has 1 aromatic carbocycles. The van der Waals surface area contributed by atoms with Gasteiger partial charge in [0.25, 0.3) is 0 Å². The van der Waals surface area contributed by atoms with Crippen LogP contribution in [0.5, 0.6) is 0 Å². The van der Waals surface area contributed by atoms with Crippen LogP contribution >= 0.6 is 0 Å². The fourth-order valence-electron chi connectivity index (χ4n) is 1.57. The zero-order valence-electron chi connectivity index (χ0n) is 11.1. The van der Waals surface area contributed by atoms with Crippen LogP contribution in [0.2, 0.25) is 0 Å². The van der Waals surface area contributed by atoms with Gasteiger partial charge >= 0.3 is 0 Å². The Bertz CT molecular complexity index is 429. The highest BCUT2D eigenvalue weighted by molar-refractivity contribution is 5.33. The van der Waals surface area contributed by atoms with Crippen molar-refractivity contribution >= 4 is 0 Å². The largest absolute Gasteiger partial charge is 0.221 e. The van der Waals surface area contributed by atoms with Gasteiger partial charge in [-0.2, -0.15) is 5.10 Å². The first-order chi connectivity index (χ1) is 8.29. The maximum absolute atomic E-state index is 4.26. The molecule has 2 aromatic rings. The molecule has 92 valence electrons. The van der Waals surface area contributed by atoms with E-state index in [1.54, 1.807) is 11.0 Å². The molecule has 0 amide bonds. The fraction of sp³-hybridized carbons (Fsp3) is 0.429. The molecule has 0 radical (unpaired) electrons. The second kappa shape index (κ2) is 6.84. The third kappa shape index (κ3) is 3.70. The Hall–Kier alpha value is -1.64. The Labute approximate surface area is 104 Å². The van der Waals surface area contributed by atoms with Crippen LogP contribution in [-0.2, 0) is 6.42 Å². The van der Waals surface area contributed by atoms with Crippen LogP contribution in [0.25, 0.3) is 5.69 Å². The molecule has 1 heterocycles. The van der Waals surface area contributed by atoms with Crippen molar-refractivity contribution in [3.8, 4) is 5.69 Å². The molecule has 2 rings (SSSR count). The van der Waals surface area contributed by atoms with Gasteiger partial charge in [0, 0.05) is 0 Å². The van der Waals surface area contributed by atoms with E-state index in [-0.39, 0.29) is 0 Å². The average Bonchev–Trinajstić information content (AvgIpc) is 2.80. The van der Waals surface area contributed by atoms with E-state index in [2.05, 4.69) is 41.3 Å². The summed E-state index contributed by atoms with van der Waals surface area (Å²) in [6.45, 7) is 8.08. The summed E-state index contributed by atoms with van der Waals surface area (Å²) >= 11 is 0. The van der Waals surface area contributed by atoms with Crippen LogP contribution in [0.15, 0.2) is 30.6 Å². The monoisotopic (exact) mass is 231 g/mol. The molecule has 0 spiro atoms. The van der Waals surface area contributed by atoms with Crippen molar-refractivity contribution in [1.82, 2.24) is 14.8 Å². The van der Waals surface area contributed by atoms with E-state index in [4.69, 9.17) is 0 Å². The standard InChI is InChI=1S/C12H15N3.C2H6/c1-3-4-11-5-7-12(8-6-11)15-9-13-10(2)14-15;1-2/h5-9H,3-4H2,1-2H3;1-2H3. The summed E-state index contributed by atoms with van der Waals surface area (Å²) in [5, 5.41) is 4.26. The Morgan fingerprint density at radius 2 is 1.76 bits per heavy atom. The predicted molar refractivity (Wildman–Crippen MR) is 71.4 cm³/mol. The van der Waals surface area contributed by atoms with Crippen molar-refractivity contribution in [1.29, 1.82) is 0 Å². The number of hydrogen-bond acceptors (Lipinski definition) is 2. The molecular formula is C14H21N3. The van der Waals surface area contributed by atoms with Crippen LogP contribution in [0.1, 0.15) is 38.6 Å². The summed E-state index contributed by atoms with van der Waals surface area (Å²) < 4.78 is 1.80. The van der Waals surface area contributed by atoms with Crippen molar-refractivity contribution in [2.75, 3.05) is 0 Å². The molecule has 0 fully saturated rings. The smallest absolute Gasteiger partial charge is 0.147 e. The summed E-state index contributed by atoms with van der Waals surface area (Å²) in [6.07, 6.45) is 4.06.